The van der Waals surface area contributed by atoms with Crippen molar-refractivity contribution in [2.45, 2.75) is 39.2 Å². The molecule has 2 aromatic rings. The van der Waals surface area contributed by atoms with E-state index in [1.165, 1.54) is 6.07 Å². The van der Waals surface area contributed by atoms with Crippen molar-refractivity contribution < 1.29 is 19.1 Å². The molecular weight excluding hydrogens is 415 g/mol. The summed E-state index contributed by atoms with van der Waals surface area (Å²) in [5.74, 6) is 0.240. The van der Waals surface area contributed by atoms with E-state index in [4.69, 9.17) is 32.7 Å². The van der Waals surface area contributed by atoms with Gasteiger partial charge < -0.3 is 9.47 Å². The van der Waals surface area contributed by atoms with Crippen molar-refractivity contribution in [2.75, 3.05) is 6.61 Å². The second-order valence-corrected chi connectivity index (χ2v) is 7.35. The molecule has 2 amide bonds. The third kappa shape index (κ3) is 6.84. The molecule has 0 heterocycles. The second kappa shape index (κ2) is 10.9. The minimum Gasteiger partial charge on any atom is -0.482 e. The molecule has 0 fully saturated rings. The lowest BCUT2D eigenvalue weighted by molar-refractivity contribution is -0.133. The van der Waals surface area contributed by atoms with Gasteiger partial charge in [-0.25, -0.2) is 0 Å². The van der Waals surface area contributed by atoms with Crippen molar-refractivity contribution >= 4 is 35.0 Å². The highest BCUT2D eigenvalue weighted by Gasteiger charge is 2.18. The number of carbonyl (C=O) groups is 2. The minimum absolute atomic E-state index is 0.288. The van der Waals surface area contributed by atoms with Crippen LogP contribution in [0.15, 0.2) is 42.5 Å². The number of hydrazine groups is 1. The largest absolute Gasteiger partial charge is 0.482 e. The molecule has 8 heteroatoms. The van der Waals surface area contributed by atoms with Crippen LogP contribution in [0, 0.1) is 0 Å². The molecule has 0 aromatic heterocycles. The lowest BCUT2D eigenvalue weighted by Crippen LogP contribution is -2.48. The van der Waals surface area contributed by atoms with Crippen molar-refractivity contribution in [1.29, 1.82) is 0 Å². The van der Waals surface area contributed by atoms with E-state index >= 15 is 0 Å². The average molecular weight is 439 g/mol. The van der Waals surface area contributed by atoms with Crippen molar-refractivity contribution in [3.63, 3.8) is 0 Å². The number of carbonyl (C=O) groups excluding carboxylic acids is 2. The van der Waals surface area contributed by atoms with Crippen LogP contribution < -0.4 is 20.3 Å². The molecule has 29 heavy (non-hydrogen) atoms. The Morgan fingerprint density at radius 3 is 2.45 bits per heavy atom. The van der Waals surface area contributed by atoms with Crippen LogP contribution in [0.1, 0.15) is 38.7 Å². The molecule has 0 aliphatic rings. The SMILES string of the molecule is CCC(C)c1ccccc1OC(C)C(=O)NNC(=O)COc1ccc(Cl)cc1Cl. The van der Waals surface area contributed by atoms with E-state index in [-0.39, 0.29) is 11.6 Å². The maximum atomic E-state index is 12.2. The summed E-state index contributed by atoms with van der Waals surface area (Å²) < 4.78 is 11.1. The zero-order valence-corrected chi connectivity index (χ0v) is 18.0. The Bertz CT molecular complexity index is 860. The number of para-hydroxylation sites is 1. The normalized spacial score (nSPS) is 12.6. The summed E-state index contributed by atoms with van der Waals surface area (Å²) in [5, 5.41) is 0.749. The second-order valence-electron chi connectivity index (χ2n) is 6.51. The smallest absolute Gasteiger partial charge is 0.279 e. The van der Waals surface area contributed by atoms with Gasteiger partial charge in [0.15, 0.2) is 12.7 Å². The minimum atomic E-state index is -0.799. The maximum absolute atomic E-state index is 12.2. The van der Waals surface area contributed by atoms with Gasteiger partial charge in [0, 0.05) is 5.02 Å². The van der Waals surface area contributed by atoms with Crippen LogP contribution in [0.25, 0.3) is 0 Å². The van der Waals surface area contributed by atoms with Gasteiger partial charge in [0.1, 0.15) is 11.5 Å². The number of hydrogen-bond donors (Lipinski definition) is 2. The van der Waals surface area contributed by atoms with Gasteiger partial charge in [-0.1, -0.05) is 55.2 Å². The zero-order valence-electron chi connectivity index (χ0n) is 16.5. The summed E-state index contributed by atoms with van der Waals surface area (Å²) in [6, 6.07) is 12.3. The van der Waals surface area contributed by atoms with Crippen molar-refractivity contribution in [3.8, 4) is 11.5 Å². The number of hydrogen-bond acceptors (Lipinski definition) is 4. The van der Waals surface area contributed by atoms with Gasteiger partial charge in [-0.05, 0) is 49.1 Å². The first-order chi connectivity index (χ1) is 13.8. The van der Waals surface area contributed by atoms with Crippen LogP contribution in [0.2, 0.25) is 10.0 Å². The molecule has 0 saturated heterocycles. The van der Waals surface area contributed by atoms with Crippen LogP contribution in [-0.2, 0) is 9.59 Å². The van der Waals surface area contributed by atoms with E-state index in [1.54, 1.807) is 19.1 Å². The van der Waals surface area contributed by atoms with Crippen LogP contribution in [0.3, 0.4) is 0 Å². The van der Waals surface area contributed by atoms with Gasteiger partial charge in [0.05, 0.1) is 5.02 Å². The predicted molar refractivity (Wildman–Crippen MR) is 113 cm³/mol. The van der Waals surface area contributed by atoms with Gasteiger partial charge in [-0.15, -0.1) is 0 Å². The summed E-state index contributed by atoms with van der Waals surface area (Å²) in [6.45, 7) is 5.47. The van der Waals surface area contributed by atoms with Crippen LogP contribution in [0.4, 0.5) is 0 Å². The van der Waals surface area contributed by atoms with E-state index in [9.17, 15) is 9.59 Å². The Labute approximate surface area is 180 Å². The van der Waals surface area contributed by atoms with Crippen molar-refractivity contribution in [2.24, 2.45) is 0 Å². The Morgan fingerprint density at radius 2 is 1.76 bits per heavy atom. The summed E-state index contributed by atoms with van der Waals surface area (Å²) in [4.78, 5) is 24.1. The fraction of sp³-hybridized carbons (Fsp3) is 0.333. The number of ether oxygens (including phenoxy) is 2. The number of rotatable bonds is 8. The highest BCUT2D eigenvalue weighted by Crippen LogP contribution is 2.29. The first kappa shape index (κ1) is 22.8. The Morgan fingerprint density at radius 1 is 1.03 bits per heavy atom. The number of amides is 2. The Hall–Kier alpha value is -2.44. The van der Waals surface area contributed by atoms with E-state index in [0.717, 1.165) is 12.0 Å². The van der Waals surface area contributed by atoms with Crippen molar-refractivity contribution in [3.05, 3.63) is 58.1 Å². The molecule has 2 unspecified atom stereocenters. The lowest BCUT2D eigenvalue weighted by Gasteiger charge is -2.19. The van der Waals surface area contributed by atoms with Crippen LogP contribution >= 0.6 is 23.2 Å². The molecule has 0 bridgehead atoms. The fourth-order valence-electron chi connectivity index (χ4n) is 2.46. The molecular formula is C21H24Cl2N2O4. The van der Waals surface area contributed by atoms with Gasteiger partial charge in [-0.3, -0.25) is 20.4 Å². The molecule has 0 radical (unpaired) electrons. The molecule has 156 valence electrons. The van der Waals surface area contributed by atoms with Crippen LogP contribution in [0.5, 0.6) is 11.5 Å². The molecule has 0 aliphatic heterocycles. The number of halogens is 2. The van der Waals surface area contributed by atoms with Gasteiger partial charge in [0.2, 0.25) is 0 Å². The van der Waals surface area contributed by atoms with E-state index < -0.39 is 17.9 Å². The summed E-state index contributed by atoms with van der Waals surface area (Å²) in [6.07, 6.45) is 0.154. The van der Waals surface area contributed by atoms with Crippen molar-refractivity contribution in [1.82, 2.24) is 10.9 Å². The van der Waals surface area contributed by atoms with E-state index in [2.05, 4.69) is 24.7 Å². The zero-order chi connectivity index (χ0) is 21.4. The molecule has 0 spiro atoms. The molecule has 6 nitrogen and oxygen atoms in total. The highest BCUT2D eigenvalue weighted by molar-refractivity contribution is 6.35. The van der Waals surface area contributed by atoms with Gasteiger partial charge >= 0.3 is 0 Å². The molecule has 2 rings (SSSR count). The molecule has 0 saturated carbocycles. The van der Waals surface area contributed by atoms with E-state index in [1.807, 2.05) is 24.3 Å². The predicted octanol–water partition coefficient (Wildman–Crippen LogP) is 4.50. The first-order valence-corrected chi connectivity index (χ1v) is 9.99. The molecule has 2 aromatic carbocycles. The maximum Gasteiger partial charge on any atom is 0.279 e. The van der Waals surface area contributed by atoms with Crippen LogP contribution in [-0.4, -0.2) is 24.5 Å². The molecule has 2 atom stereocenters. The van der Waals surface area contributed by atoms with Gasteiger partial charge in [-0.2, -0.15) is 0 Å². The topological polar surface area (TPSA) is 76.7 Å². The Kier molecular flexibility index (Phi) is 8.61. The summed E-state index contributed by atoms with van der Waals surface area (Å²) in [5.41, 5.74) is 5.65. The molecule has 0 aliphatic carbocycles. The van der Waals surface area contributed by atoms with E-state index in [0.29, 0.717) is 22.4 Å². The van der Waals surface area contributed by atoms with Gasteiger partial charge in [0.25, 0.3) is 11.8 Å². The molecule has 2 N–H and O–H groups in total. The highest BCUT2D eigenvalue weighted by atomic mass is 35.5. The fourth-order valence-corrected chi connectivity index (χ4v) is 2.93. The lowest BCUT2D eigenvalue weighted by atomic mass is 9.98. The Balaban J connectivity index is 1.83. The third-order valence-corrected chi connectivity index (χ3v) is 4.84. The summed E-state index contributed by atoms with van der Waals surface area (Å²) >= 11 is 11.8. The third-order valence-electron chi connectivity index (χ3n) is 4.31. The summed E-state index contributed by atoms with van der Waals surface area (Å²) in [7, 11) is 0. The monoisotopic (exact) mass is 438 g/mol. The number of nitrogens with one attached hydrogen (secondary N) is 2. The average Bonchev–Trinajstić information content (AvgIpc) is 2.71. The first-order valence-electron chi connectivity index (χ1n) is 9.24. The number of benzene rings is 2. The quantitative estimate of drug-likeness (QED) is 0.594. The standard InChI is InChI=1S/C21H24Cl2N2O4/c1-4-13(2)16-7-5-6-8-18(16)29-14(3)21(27)25-24-20(26)12-28-19-10-9-15(22)11-17(19)23/h5-11,13-14H,4,12H2,1-3H3,(H,24,26)(H,25,27).